The molecule has 3 rings (SSSR count). The lowest BCUT2D eigenvalue weighted by molar-refractivity contribution is -0.132. The van der Waals surface area contributed by atoms with Crippen LogP contribution < -0.4 is 11.1 Å². The topological polar surface area (TPSA) is 110 Å². The number of fused-ring (bicyclic) bond motifs is 1. The summed E-state index contributed by atoms with van der Waals surface area (Å²) in [4.78, 5) is 35.2. The zero-order valence-electron chi connectivity index (χ0n) is 21.2. The molecule has 3 aromatic rings. The van der Waals surface area contributed by atoms with Crippen molar-refractivity contribution in [2.45, 2.75) is 38.6 Å². The molecule has 0 saturated carbocycles. The van der Waals surface area contributed by atoms with E-state index < -0.39 is 23.8 Å². The molecule has 0 fully saturated rings. The standard InChI is InChI=1S/C27H30ClF2N5O3/c1-3-32-23(31)11-10-21(35(2)25(36)12-8-17-5-4-6-22(30)26(17)28)16-38-27(37)34-24-14-19-13-20(29)9-7-18(19)15-33-24/h4-7,9,13-15,21H,3,8,10-12,16H2,1-2H3,(H2,31,32)(H,33,34,37)/t21-/m0/s1. The molecule has 1 aromatic heterocycles. The normalized spacial score (nSPS) is 12.3. The van der Waals surface area contributed by atoms with E-state index in [9.17, 15) is 18.4 Å². The van der Waals surface area contributed by atoms with Gasteiger partial charge in [-0.25, -0.2) is 18.6 Å². The molecule has 0 unspecified atom stereocenters. The van der Waals surface area contributed by atoms with Crippen molar-refractivity contribution in [3.05, 3.63) is 70.9 Å². The molecule has 8 nitrogen and oxygen atoms in total. The highest BCUT2D eigenvalue weighted by atomic mass is 35.5. The van der Waals surface area contributed by atoms with E-state index in [1.54, 1.807) is 19.2 Å². The molecule has 1 atom stereocenters. The van der Waals surface area contributed by atoms with Gasteiger partial charge in [0.15, 0.2) is 0 Å². The summed E-state index contributed by atoms with van der Waals surface area (Å²) >= 11 is 6.01. The molecular formula is C27H30ClF2N5O3. The number of hydrogen-bond acceptors (Lipinski definition) is 5. The van der Waals surface area contributed by atoms with Crippen LogP contribution in [0.3, 0.4) is 0 Å². The van der Waals surface area contributed by atoms with Crippen LogP contribution in [-0.4, -0.2) is 54.0 Å². The number of nitrogens with two attached hydrogens (primary N) is 1. The number of rotatable bonds is 11. The first kappa shape index (κ1) is 28.8. The summed E-state index contributed by atoms with van der Waals surface area (Å²) in [5.74, 6) is -0.553. The Kier molecular flexibility index (Phi) is 10.3. The number of benzene rings is 2. The summed E-state index contributed by atoms with van der Waals surface area (Å²) in [5, 5.41) is 3.81. The van der Waals surface area contributed by atoms with Gasteiger partial charge >= 0.3 is 6.09 Å². The molecule has 38 heavy (non-hydrogen) atoms. The highest BCUT2D eigenvalue weighted by Crippen LogP contribution is 2.22. The maximum atomic E-state index is 13.7. The van der Waals surface area contributed by atoms with Gasteiger partial charge in [-0.05, 0) is 61.0 Å². The number of aromatic nitrogens is 1. The second-order valence-electron chi connectivity index (χ2n) is 8.66. The minimum atomic E-state index is -0.777. The fourth-order valence-corrected chi connectivity index (χ4v) is 4.06. The number of anilines is 1. The maximum Gasteiger partial charge on any atom is 0.412 e. The molecule has 2 aromatic carbocycles. The third-order valence-electron chi connectivity index (χ3n) is 6.00. The van der Waals surface area contributed by atoms with Gasteiger partial charge in [0, 0.05) is 38.0 Å². The van der Waals surface area contributed by atoms with Crippen molar-refractivity contribution in [2.75, 3.05) is 25.5 Å². The van der Waals surface area contributed by atoms with Crippen LogP contribution in [0.1, 0.15) is 31.7 Å². The number of amidine groups is 1. The van der Waals surface area contributed by atoms with Crippen molar-refractivity contribution in [2.24, 2.45) is 10.7 Å². The van der Waals surface area contributed by atoms with Gasteiger partial charge in [0.2, 0.25) is 5.91 Å². The third-order valence-corrected chi connectivity index (χ3v) is 6.42. The minimum absolute atomic E-state index is 0.00639. The second kappa shape index (κ2) is 13.7. The van der Waals surface area contributed by atoms with Gasteiger partial charge in [0.05, 0.1) is 16.9 Å². The predicted molar refractivity (Wildman–Crippen MR) is 144 cm³/mol. The number of hydrogen-bond donors (Lipinski definition) is 2. The first-order valence-electron chi connectivity index (χ1n) is 12.1. The van der Waals surface area contributed by atoms with Crippen molar-refractivity contribution in [3.8, 4) is 0 Å². The first-order valence-corrected chi connectivity index (χ1v) is 12.5. The van der Waals surface area contributed by atoms with Gasteiger partial charge < -0.3 is 15.4 Å². The molecule has 0 saturated heterocycles. The molecular weight excluding hydrogens is 516 g/mol. The van der Waals surface area contributed by atoms with Crippen LogP contribution in [0, 0.1) is 11.6 Å². The van der Waals surface area contributed by atoms with E-state index in [0.717, 1.165) is 5.39 Å². The molecule has 0 aliphatic rings. The monoisotopic (exact) mass is 545 g/mol. The number of aliphatic imine (C=N–C) groups is 1. The van der Waals surface area contributed by atoms with Crippen LogP contribution >= 0.6 is 11.6 Å². The first-order chi connectivity index (χ1) is 18.2. The van der Waals surface area contributed by atoms with Crippen molar-refractivity contribution in [1.29, 1.82) is 0 Å². The Morgan fingerprint density at radius 3 is 2.74 bits per heavy atom. The van der Waals surface area contributed by atoms with Gasteiger partial charge in [0.25, 0.3) is 0 Å². The highest BCUT2D eigenvalue weighted by molar-refractivity contribution is 6.31. The molecule has 3 N–H and O–H groups in total. The zero-order chi connectivity index (χ0) is 27.7. The Labute approximate surface area is 224 Å². The van der Waals surface area contributed by atoms with E-state index in [2.05, 4.69) is 15.3 Å². The zero-order valence-corrected chi connectivity index (χ0v) is 22.0. The SMILES string of the molecule is CCN=C(N)CC[C@@H](COC(=O)Nc1cc2cc(F)ccc2cn1)N(C)C(=O)CCc1cccc(F)c1Cl. The van der Waals surface area contributed by atoms with Gasteiger partial charge in [-0.3, -0.25) is 15.1 Å². The Morgan fingerprint density at radius 1 is 1.18 bits per heavy atom. The molecule has 0 aliphatic heterocycles. The van der Waals surface area contributed by atoms with Gasteiger partial charge in [-0.1, -0.05) is 23.7 Å². The number of halogens is 3. The predicted octanol–water partition coefficient (Wildman–Crippen LogP) is 5.33. The van der Waals surface area contributed by atoms with Crippen molar-refractivity contribution < 1.29 is 23.1 Å². The number of nitrogens with zero attached hydrogens (tertiary/aromatic N) is 3. The molecule has 0 spiro atoms. The summed E-state index contributed by atoms with van der Waals surface area (Å²) in [6.07, 6.45) is 1.87. The third kappa shape index (κ3) is 8.11. The molecule has 0 radical (unpaired) electrons. The van der Waals surface area contributed by atoms with E-state index in [1.165, 1.54) is 41.4 Å². The number of ether oxygens (including phenoxy) is 1. The largest absolute Gasteiger partial charge is 0.447 e. The fourth-order valence-electron chi connectivity index (χ4n) is 3.84. The summed E-state index contributed by atoms with van der Waals surface area (Å²) in [7, 11) is 1.61. The average molecular weight is 546 g/mol. The number of carbonyl (C=O) groups excluding carboxylic acids is 2. The number of pyridine rings is 1. The summed E-state index contributed by atoms with van der Waals surface area (Å²) in [6.45, 7) is 2.28. The van der Waals surface area contributed by atoms with E-state index in [-0.39, 0.29) is 36.2 Å². The number of aryl methyl sites for hydroxylation is 1. The smallest absolute Gasteiger partial charge is 0.412 e. The average Bonchev–Trinajstić information content (AvgIpc) is 2.89. The van der Waals surface area contributed by atoms with Crippen molar-refractivity contribution in [1.82, 2.24) is 9.88 Å². The van der Waals surface area contributed by atoms with Gasteiger partial charge in [0.1, 0.15) is 24.1 Å². The minimum Gasteiger partial charge on any atom is -0.447 e. The van der Waals surface area contributed by atoms with Crippen molar-refractivity contribution >= 4 is 46.0 Å². The van der Waals surface area contributed by atoms with Crippen LogP contribution in [0.15, 0.2) is 53.7 Å². The fraction of sp³-hybridized carbons (Fsp3) is 0.333. The van der Waals surface area contributed by atoms with Crippen LogP contribution in [0.25, 0.3) is 10.8 Å². The number of carbonyl (C=O) groups is 2. The molecule has 2 amide bonds. The Bertz CT molecular complexity index is 1320. The second-order valence-corrected chi connectivity index (χ2v) is 9.04. The quantitative estimate of drug-likeness (QED) is 0.250. The van der Waals surface area contributed by atoms with Gasteiger partial charge in [-0.2, -0.15) is 0 Å². The Morgan fingerprint density at radius 2 is 1.97 bits per heavy atom. The summed E-state index contributed by atoms with van der Waals surface area (Å²) < 4.78 is 32.7. The lowest BCUT2D eigenvalue weighted by Gasteiger charge is -2.28. The van der Waals surface area contributed by atoms with Crippen LogP contribution in [0.4, 0.5) is 19.4 Å². The Balaban J connectivity index is 1.63. The number of likely N-dealkylation sites (N-methyl/N-ethyl adjacent to an activating group) is 1. The summed E-state index contributed by atoms with van der Waals surface area (Å²) in [5.41, 5.74) is 6.46. The maximum absolute atomic E-state index is 13.7. The van der Waals surface area contributed by atoms with Crippen molar-refractivity contribution in [3.63, 3.8) is 0 Å². The highest BCUT2D eigenvalue weighted by Gasteiger charge is 2.22. The molecule has 202 valence electrons. The summed E-state index contributed by atoms with van der Waals surface area (Å²) in [6, 6.07) is 9.75. The van der Waals surface area contributed by atoms with Gasteiger partial charge in [-0.15, -0.1) is 0 Å². The Hall–Kier alpha value is -3.79. The van der Waals surface area contributed by atoms with E-state index >= 15 is 0 Å². The lowest BCUT2D eigenvalue weighted by Crippen LogP contribution is -2.41. The molecule has 11 heteroatoms. The van der Waals surface area contributed by atoms with Crippen LogP contribution in [0.5, 0.6) is 0 Å². The van der Waals surface area contributed by atoms with E-state index in [0.29, 0.717) is 36.2 Å². The lowest BCUT2D eigenvalue weighted by atomic mass is 10.1. The number of nitrogens with one attached hydrogen (secondary N) is 1. The number of amides is 2. The molecule has 1 heterocycles. The molecule has 0 bridgehead atoms. The molecule has 0 aliphatic carbocycles. The van der Waals surface area contributed by atoms with Crippen LogP contribution in [-0.2, 0) is 16.0 Å². The van der Waals surface area contributed by atoms with Crippen LogP contribution in [0.2, 0.25) is 5.02 Å². The van der Waals surface area contributed by atoms with E-state index in [4.69, 9.17) is 22.1 Å². The van der Waals surface area contributed by atoms with E-state index in [1.807, 2.05) is 6.92 Å².